The second-order valence-corrected chi connectivity index (χ2v) is 6.09. The zero-order valence-corrected chi connectivity index (χ0v) is 15.5. The van der Waals surface area contributed by atoms with Crippen molar-refractivity contribution < 1.29 is 0 Å². The average molecular weight is 346 g/mol. The Morgan fingerprint density at radius 3 is 1.56 bits per heavy atom. The average Bonchev–Trinajstić information content (AvgIpc) is 2.75. The molecule has 0 aliphatic heterocycles. The molecule has 0 radical (unpaired) electrons. The van der Waals surface area contributed by atoms with E-state index in [0.29, 0.717) is 0 Å². The van der Waals surface area contributed by atoms with Gasteiger partial charge in [-0.15, -0.1) is 6.42 Å². The summed E-state index contributed by atoms with van der Waals surface area (Å²) in [6, 6.07) is 31.5. The number of terminal acetylenes is 1. The Balaban J connectivity index is 2.40. The van der Waals surface area contributed by atoms with Gasteiger partial charge in [-0.1, -0.05) is 103 Å². The fraction of sp³-hybridized carbons (Fsp3) is 0.0370. The summed E-state index contributed by atoms with van der Waals surface area (Å²) in [5.41, 5.74) is 6.98. The van der Waals surface area contributed by atoms with Gasteiger partial charge in [-0.2, -0.15) is 0 Å². The molecule has 130 valence electrons. The molecule has 27 heavy (non-hydrogen) atoms. The fourth-order valence-electron chi connectivity index (χ4n) is 3.19. The molecule has 0 amide bonds. The molecule has 0 aromatic heterocycles. The third-order valence-corrected chi connectivity index (χ3v) is 4.40. The molecular formula is C27H22. The van der Waals surface area contributed by atoms with Crippen molar-refractivity contribution in [3.05, 3.63) is 131 Å². The minimum atomic E-state index is 1.10. The van der Waals surface area contributed by atoms with E-state index >= 15 is 0 Å². The van der Waals surface area contributed by atoms with Crippen molar-refractivity contribution in [2.45, 2.75) is 6.92 Å². The molecular weight excluding hydrogens is 324 g/mol. The lowest BCUT2D eigenvalue weighted by atomic mass is 9.85. The molecule has 0 nitrogen and oxygen atoms in total. The van der Waals surface area contributed by atoms with Crippen LogP contribution in [-0.4, -0.2) is 0 Å². The third kappa shape index (κ3) is 4.35. The van der Waals surface area contributed by atoms with Crippen LogP contribution < -0.4 is 0 Å². The smallest absolute Gasteiger partial charge is 0.00269 e. The van der Waals surface area contributed by atoms with Gasteiger partial charge in [0.2, 0.25) is 0 Å². The van der Waals surface area contributed by atoms with Crippen LogP contribution in [0.5, 0.6) is 0 Å². The van der Waals surface area contributed by atoms with Crippen molar-refractivity contribution in [2.75, 3.05) is 0 Å². The van der Waals surface area contributed by atoms with E-state index in [0.717, 1.165) is 11.1 Å². The molecule has 0 saturated carbocycles. The van der Waals surface area contributed by atoms with Crippen LogP contribution in [-0.2, 0) is 0 Å². The molecule has 0 aliphatic rings. The highest BCUT2D eigenvalue weighted by Gasteiger charge is 2.15. The first kappa shape index (κ1) is 18.2. The molecule has 0 bridgehead atoms. The van der Waals surface area contributed by atoms with Crippen LogP contribution in [0.1, 0.15) is 23.6 Å². The first-order valence-electron chi connectivity index (χ1n) is 9.05. The summed E-state index contributed by atoms with van der Waals surface area (Å²) in [6.45, 7) is 2.05. The Morgan fingerprint density at radius 1 is 0.704 bits per heavy atom. The largest absolute Gasteiger partial charge is 0.115 e. The molecule has 0 unspecified atom stereocenters. The van der Waals surface area contributed by atoms with Crippen LogP contribution in [0.15, 0.2) is 115 Å². The van der Waals surface area contributed by atoms with E-state index in [1.165, 1.54) is 22.3 Å². The number of hydrogen-bond acceptors (Lipinski definition) is 0. The molecule has 3 aromatic rings. The molecule has 0 saturated heterocycles. The fourth-order valence-corrected chi connectivity index (χ4v) is 3.19. The minimum Gasteiger partial charge on any atom is -0.115 e. The number of allylic oxidation sites excluding steroid dienone is 5. The molecule has 3 aromatic carbocycles. The van der Waals surface area contributed by atoms with Gasteiger partial charge in [0.25, 0.3) is 0 Å². The van der Waals surface area contributed by atoms with Crippen molar-refractivity contribution in [2.24, 2.45) is 0 Å². The summed E-state index contributed by atoms with van der Waals surface area (Å²) >= 11 is 0. The van der Waals surface area contributed by atoms with Gasteiger partial charge in [0.1, 0.15) is 0 Å². The van der Waals surface area contributed by atoms with Crippen molar-refractivity contribution in [3.8, 4) is 12.3 Å². The second kappa shape index (κ2) is 9.22. The third-order valence-electron chi connectivity index (χ3n) is 4.40. The minimum absolute atomic E-state index is 1.10. The number of hydrogen-bond donors (Lipinski definition) is 0. The highest BCUT2D eigenvalue weighted by atomic mass is 14.2. The molecule has 0 atom stereocenters. The van der Waals surface area contributed by atoms with Crippen LogP contribution in [0, 0.1) is 12.3 Å². The van der Waals surface area contributed by atoms with Gasteiger partial charge < -0.3 is 0 Å². The molecule has 0 N–H and O–H groups in total. The van der Waals surface area contributed by atoms with Gasteiger partial charge >= 0.3 is 0 Å². The molecule has 3 rings (SSSR count). The molecule has 0 heteroatoms. The van der Waals surface area contributed by atoms with Gasteiger partial charge in [0.05, 0.1) is 0 Å². The van der Waals surface area contributed by atoms with Crippen LogP contribution in [0.2, 0.25) is 0 Å². The quantitative estimate of drug-likeness (QED) is 0.271. The van der Waals surface area contributed by atoms with Gasteiger partial charge in [0.15, 0.2) is 0 Å². The van der Waals surface area contributed by atoms with Gasteiger partial charge in [-0.25, -0.2) is 0 Å². The van der Waals surface area contributed by atoms with Crippen LogP contribution in [0.3, 0.4) is 0 Å². The predicted molar refractivity (Wildman–Crippen MR) is 117 cm³/mol. The second-order valence-electron chi connectivity index (χ2n) is 6.09. The summed E-state index contributed by atoms with van der Waals surface area (Å²) in [4.78, 5) is 0. The summed E-state index contributed by atoms with van der Waals surface area (Å²) in [6.07, 6.45) is 11.4. The normalized spacial score (nSPS) is 11.2. The Hall–Kier alpha value is -3.56. The van der Waals surface area contributed by atoms with E-state index in [-0.39, 0.29) is 0 Å². The Morgan fingerprint density at radius 2 is 1.15 bits per heavy atom. The van der Waals surface area contributed by atoms with Gasteiger partial charge in [-0.3, -0.25) is 0 Å². The first-order valence-corrected chi connectivity index (χ1v) is 9.05. The van der Waals surface area contributed by atoms with Crippen LogP contribution in [0.4, 0.5) is 0 Å². The Labute approximate surface area is 162 Å². The Bertz CT molecular complexity index is 954. The summed E-state index contributed by atoms with van der Waals surface area (Å²) < 4.78 is 0. The predicted octanol–water partition coefficient (Wildman–Crippen LogP) is 6.78. The van der Waals surface area contributed by atoms with Crippen molar-refractivity contribution in [1.82, 2.24) is 0 Å². The topological polar surface area (TPSA) is 0 Å². The summed E-state index contributed by atoms with van der Waals surface area (Å²) in [5.74, 6) is 2.61. The number of rotatable bonds is 5. The van der Waals surface area contributed by atoms with Crippen molar-refractivity contribution in [3.63, 3.8) is 0 Å². The first-order chi connectivity index (χ1) is 13.3. The SMILES string of the molecule is C#CC=CC(=CC)C(=C(c1ccccc1)c1ccccc1)c1ccccc1. The lowest BCUT2D eigenvalue weighted by Gasteiger charge is -2.18. The highest BCUT2D eigenvalue weighted by Crippen LogP contribution is 2.37. The van der Waals surface area contributed by atoms with E-state index in [2.05, 4.69) is 84.8 Å². The zero-order valence-electron chi connectivity index (χ0n) is 15.5. The molecule has 0 spiro atoms. The zero-order chi connectivity index (χ0) is 18.9. The van der Waals surface area contributed by atoms with Crippen molar-refractivity contribution >= 4 is 11.1 Å². The lowest BCUT2D eigenvalue weighted by molar-refractivity contribution is 1.50. The number of benzene rings is 3. The van der Waals surface area contributed by atoms with Gasteiger partial charge in [-0.05, 0) is 52.5 Å². The van der Waals surface area contributed by atoms with Crippen molar-refractivity contribution in [1.29, 1.82) is 0 Å². The monoisotopic (exact) mass is 346 g/mol. The van der Waals surface area contributed by atoms with E-state index in [4.69, 9.17) is 6.42 Å². The van der Waals surface area contributed by atoms with Crippen LogP contribution >= 0.6 is 0 Å². The maximum atomic E-state index is 5.49. The Kier molecular flexibility index (Phi) is 6.23. The lowest BCUT2D eigenvalue weighted by Crippen LogP contribution is -1.97. The summed E-state index contributed by atoms with van der Waals surface area (Å²) in [5, 5.41) is 0. The van der Waals surface area contributed by atoms with Crippen LogP contribution in [0.25, 0.3) is 11.1 Å². The van der Waals surface area contributed by atoms with E-state index in [9.17, 15) is 0 Å². The molecule has 0 aliphatic carbocycles. The van der Waals surface area contributed by atoms with E-state index in [1.807, 2.05) is 31.2 Å². The molecule has 0 fully saturated rings. The van der Waals surface area contributed by atoms with Gasteiger partial charge in [0, 0.05) is 0 Å². The van der Waals surface area contributed by atoms with E-state index in [1.54, 1.807) is 6.08 Å². The standard InChI is InChI=1S/C27H22/c1-3-5-15-22(4-2)26(23-16-9-6-10-17-23)27(24-18-11-7-12-19-24)25-20-13-8-14-21-25/h1,4-21H,2H3. The molecule has 0 heterocycles. The maximum absolute atomic E-state index is 5.49. The highest BCUT2D eigenvalue weighted by molar-refractivity contribution is 6.05. The van der Waals surface area contributed by atoms with E-state index < -0.39 is 0 Å². The maximum Gasteiger partial charge on any atom is -0.00269 e. The summed E-state index contributed by atoms with van der Waals surface area (Å²) in [7, 11) is 0.